The zero-order valence-electron chi connectivity index (χ0n) is 21.5. The quantitative estimate of drug-likeness (QED) is 0.387. The zero-order chi connectivity index (χ0) is 25.5. The van der Waals surface area contributed by atoms with E-state index in [0.717, 1.165) is 60.9 Å². The minimum absolute atomic E-state index is 0.0802. The molecule has 0 spiro atoms. The first-order valence-electron chi connectivity index (χ1n) is 12.9. The lowest BCUT2D eigenvalue weighted by Gasteiger charge is -2.36. The van der Waals surface area contributed by atoms with Crippen LogP contribution in [-0.2, 0) is 6.54 Å². The van der Waals surface area contributed by atoms with Gasteiger partial charge in [-0.15, -0.1) is 0 Å². The first kappa shape index (κ1) is 25.7. The van der Waals surface area contributed by atoms with Gasteiger partial charge in [-0.2, -0.15) is 0 Å². The minimum atomic E-state index is -0.209. The molecule has 3 aromatic carbocycles. The Hall–Kier alpha value is -3.38. The summed E-state index contributed by atoms with van der Waals surface area (Å²) in [7, 11) is 0. The maximum absolute atomic E-state index is 15.0. The number of carbonyl (C=O) groups is 1. The Morgan fingerprint density at radius 2 is 1.64 bits per heavy atom. The highest BCUT2D eigenvalue weighted by molar-refractivity contribution is 5.94. The van der Waals surface area contributed by atoms with E-state index < -0.39 is 0 Å². The van der Waals surface area contributed by atoms with Gasteiger partial charge in [0.15, 0.2) is 0 Å². The van der Waals surface area contributed by atoms with Gasteiger partial charge in [0.1, 0.15) is 11.6 Å². The van der Waals surface area contributed by atoms with Crippen LogP contribution in [0.4, 0.5) is 10.1 Å². The molecule has 1 aliphatic rings. The van der Waals surface area contributed by atoms with Crippen LogP contribution in [0.15, 0.2) is 66.7 Å². The number of hydrogen-bond donors (Lipinski definition) is 0. The predicted molar refractivity (Wildman–Crippen MR) is 144 cm³/mol. The number of nitrogens with zero attached hydrogens (tertiary/aromatic N) is 3. The average molecular weight is 490 g/mol. The van der Waals surface area contributed by atoms with Crippen LogP contribution in [0.2, 0.25) is 0 Å². The molecule has 190 valence electrons. The molecule has 1 saturated heterocycles. The van der Waals surface area contributed by atoms with Crippen LogP contribution in [0.25, 0.3) is 11.1 Å². The fourth-order valence-electron chi connectivity index (χ4n) is 4.74. The highest BCUT2D eigenvalue weighted by Crippen LogP contribution is 2.28. The molecular weight excluding hydrogens is 453 g/mol. The monoisotopic (exact) mass is 489 g/mol. The van der Waals surface area contributed by atoms with E-state index in [1.54, 1.807) is 6.07 Å². The van der Waals surface area contributed by atoms with Crippen molar-refractivity contribution in [3.8, 4) is 16.9 Å². The summed E-state index contributed by atoms with van der Waals surface area (Å²) in [5, 5.41) is 0. The molecule has 4 rings (SSSR count). The van der Waals surface area contributed by atoms with Crippen molar-refractivity contribution < 1.29 is 13.9 Å². The van der Waals surface area contributed by atoms with Crippen LogP contribution >= 0.6 is 0 Å². The van der Waals surface area contributed by atoms with Gasteiger partial charge < -0.3 is 14.5 Å². The Morgan fingerprint density at radius 1 is 0.917 bits per heavy atom. The number of amides is 1. The number of hydrogen-bond acceptors (Lipinski definition) is 4. The van der Waals surface area contributed by atoms with Crippen molar-refractivity contribution in [1.82, 2.24) is 9.80 Å². The largest absolute Gasteiger partial charge is 0.494 e. The standard InChI is InChI=1S/C30H36FN3O2/c1-4-33(5-2)30(35)24-11-13-26(14-12-24)34-18-16-32(17-19-34)22-23-10-15-28(29(31)20-23)25-8-7-9-27(21-25)36-6-3/h7-15,20-21H,4-6,16-19,22H2,1-3H3. The molecule has 0 aliphatic carbocycles. The highest BCUT2D eigenvalue weighted by atomic mass is 19.1. The smallest absolute Gasteiger partial charge is 0.253 e. The summed E-state index contributed by atoms with van der Waals surface area (Å²) in [6.07, 6.45) is 0. The molecule has 0 radical (unpaired) electrons. The first-order valence-corrected chi connectivity index (χ1v) is 12.9. The molecule has 0 bridgehead atoms. The van der Waals surface area contributed by atoms with Gasteiger partial charge in [-0.05, 0) is 74.4 Å². The normalized spacial score (nSPS) is 14.1. The van der Waals surface area contributed by atoms with Crippen LogP contribution in [0.3, 0.4) is 0 Å². The van der Waals surface area contributed by atoms with Gasteiger partial charge in [0.25, 0.3) is 5.91 Å². The van der Waals surface area contributed by atoms with E-state index in [9.17, 15) is 9.18 Å². The van der Waals surface area contributed by atoms with Gasteiger partial charge in [0.05, 0.1) is 6.61 Å². The van der Waals surface area contributed by atoms with Gasteiger partial charge in [0.2, 0.25) is 0 Å². The summed E-state index contributed by atoms with van der Waals surface area (Å²) < 4.78 is 20.5. The van der Waals surface area contributed by atoms with Gasteiger partial charge in [0, 0.05) is 62.6 Å². The van der Waals surface area contributed by atoms with E-state index >= 15 is 0 Å². The molecule has 5 nitrogen and oxygen atoms in total. The molecule has 0 N–H and O–H groups in total. The Kier molecular flexibility index (Phi) is 8.60. The van der Waals surface area contributed by atoms with Crippen molar-refractivity contribution in [2.24, 2.45) is 0 Å². The predicted octanol–water partition coefficient (Wildman–Crippen LogP) is 5.70. The third kappa shape index (κ3) is 6.05. The Labute approximate surface area is 214 Å². The van der Waals surface area contributed by atoms with E-state index in [4.69, 9.17) is 4.74 Å². The zero-order valence-corrected chi connectivity index (χ0v) is 21.5. The second-order valence-electron chi connectivity index (χ2n) is 9.06. The maximum atomic E-state index is 15.0. The number of piperazine rings is 1. The molecule has 1 fully saturated rings. The SMILES string of the molecule is CCOc1cccc(-c2ccc(CN3CCN(c4ccc(C(=O)N(CC)CC)cc4)CC3)cc2F)c1. The summed E-state index contributed by atoms with van der Waals surface area (Å²) in [5.74, 6) is 0.622. The third-order valence-corrected chi connectivity index (χ3v) is 6.80. The molecule has 1 amide bonds. The molecule has 6 heteroatoms. The molecule has 1 heterocycles. The van der Waals surface area contributed by atoms with E-state index in [1.165, 1.54) is 0 Å². The van der Waals surface area contributed by atoms with E-state index in [2.05, 4.69) is 9.80 Å². The lowest BCUT2D eigenvalue weighted by molar-refractivity contribution is 0.0773. The Balaban J connectivity index is 1.33. The number of carbonyl (C=O) groups excluding carboxylic acids is 1. The van der Waals surface area contributed by atoms with Crippen LogP contribution in [0.5, 0.6) is 5.75 Å². The summed E-state index contributed by atoms with van der Waals surface area (Å²) >= 11 is 0. The lowest BCUT2D eigenvalue weighted by Crippen LogP contribution is -2.46. The summed E-state index contributed by atoms with van der Waals surface area (Å²) in [4.78, 5) is 19.1. The summed E-state index contributed by atoms with van der Waals surface area (Å²) in [6, 6.07) is 21.1. The number of halogens is 1. The maximum Gasteiger partial charge on any atom is 0.253 e. The number of rotatable bonds is 9. The third-order valence-electron chi connectivity index (χ3n) is 6.80. The van der Waals surface area contributed by atoms with Crippen molar-refractivity contribution in [1.29, 1.82) is 0 Å². The molecule has 0 unspecified atom stereocenters. The van der Waals surface area contributed by atoms with Crippen molar-refractivity contribution >= 4 is 11.6 Å². The average Bonchev–Trinajstić information content (AvgIpc) is 2.90. The van der Waals surface area contributed by atoms with Crippen molar-refractivity contribution in [2.75, 3.05) is 50.8 Å². The molecule has 0 aromatic heterocycles. The molecular formula is C30H36FN3O2. The Morgan fingerprint density at radius 3 is 2.28 bits per heavy atom. The topological polar surface area (TPSA) is 36.0 Å². The number of benzene rings is 3. The highest BCUT2D eigenvalue weighted by Gasteiger charge is 2.19. The van der Waals surface area contributed by atoms with Gasteiger partial charge >= 0.3 is 0 Å². The molecule has 0 saturated carbocycles. The van der Waals surface area contributed by atoms with Crippen LogP contribution in [0, 0.1) is 5.82 Å². The summed E-state index contributed by atoms with van der Waals surface area (Å²) in [6.45, 7) is 12.3. The van der Waals surface area contributed by atoms with Gasteiger partial charge in [-0.3, -0.25) is 9.69 Å². The molecule has 36 heavy (non-hydrogen) atoms. The number of anilines is 1. The van der Waals surface area contributed by atoms with E-state index in [1.807, 2.05) is 86.3 Å². The fraction of sp³-hybridized carbons (Fsp3) is 0.367. The van der Waals surface area contributed by atoms with Gasteiger partial charge in [-0.25, -0.2) is 4.39 Å². The van der Waals surface area contributed by atoms with E-state index in [0.29, 0.717) is 25.3 Å². The lowest BCUT2D eigenvalue weighted by atomic mass is 10.0. The second kappa shape index (κ2) is 12.0. The molecule has 0 atom stereocenters. The van der Waals surface area contributed by atoms with Crippen LogP contribution < -0.4 is 9.64 Å². The van der Waals surface area contributed by atoms with Gasteiger partial charge in [-0.1, -0.05) is 24.3 Å². The molecule has 1 aliphatic heterocycles. The minimum Gasteiger partial charge on any atom is -0.494 e. The van der Waals surface area contributed by atoms with E-state index in [-0.39, 0.29) is 11.7 Å². The van der Waals surface area contributed by atoms with Crippen molar-refractivity contribution in [3.05, 3.63) is 83.7 Å². The second-order valence-corrected chi connectivity index (χ2v) is 9.06. The van der Waals surface area contributed by atoms with Crippen LogP contribution in [0.1, 0.15) is 36.7 Å². The fourth-order valence-corrected chi connectivity index (χ4v) is 4.74. The molecule has 3 aromatic rings. The number of ether oxygens (including phenoxy) is 1. The first-order chi connectivity index (χ1) is 17.5. The van der Waals surface area contributed by atoms with Crippen molar-refractivity contribution in [2.45, 2.75) is 27.3 Å². The van der Waals surface area contributed by atoms with Crippen LogP contribution in [-0.4, -0.2) is 61.6 Å². The Bertz CT molecular complexity index is 1150. The van der Waals surface area contributed by atoms with Crippen molar-refractivity contribution in [3.63, 3.8) is 0 Å². The summed E-state index contributed by atoms with van der Waals surface area (Å²) in [5.41, 5.74) is 4.26.